The van der Waals surface area contributed by atoms with Crippen molar-refractivity contribution in [3.8, 4) is 5.75 Å². The van der Waals surface area contributed by atoms with E-state index in [-0.39, 0.29) is 12.4 Å². The van der Waals surface area contributed by atoms with Gasteiger partial charge in [-0.2, -0.15) is 13.2 Å². The second kappa shape index (κ2) is 5.30. The summed E-state index contributed by atoms with van der Waals surface area (Å²) in [5.41, 5.74) is -0.501. The number of alkyl halides is 3. The Morgan fingerprint density at radius 1 is 0.947 bits per heavy atom. The van der Waals surface area contributed by atoms with Gasteiger partial charge in [0.25, 0.3) is 0 Å². The quantitative estimate of drug-likeness (QED) is 0.750. The Balaban J connectivity index is 2.10. The summed E-state index contributed by atoms with van der Waals surface area (Å²) in [6, 6.07) is 10.4. The highest BCUT2D eigenvalue weighted by Gasteiger charge is 2.30. The lowest BCUT2D eigenvalue weighted by Crippen LogP contribution is -2.05. The van der Waals surface area contributed by atoms with Gasteiger partial charge in [0.15, 0.2) is 0 Å². The maximum absolute atomic E-state index is 13.3. The van der Waals surface area contributed by atoms with Crippen molar-refractivity contribution < 1.29 is 22.3 Å². The summed E-state index contributed by atoms with van der Waals surface area (Å²) in [6.45, 7) is -0.117. The van der Waals surface area contributed by atoms with Gasteiger partial charge in [-0.1, -0.05) is 24.3 Å². The van der Waals surface area contributed by atoms with E-state index in [1.54, 1.807) is 6.07 Å². The second-order valence-corrected chi connectivity index (χ2v) is 3.91. The van der Waals surface area contributed by atoms with E-state index in [4.69, 9.17) is 4.74 Å². The summed E-state index contributed by atoms with van der Waals surface area (Å²) in [5, 5.41) is 0. The minimum Gasteiger partial charge on any atom is -0.489 e. The van der Waals surface area contributed by atoms with Gasteiger partial charge in [0.2, 0.25) is 0 Å². The van der Waals surface area contributed by atoms with Gasteiger partial charge in [0.05, 0.1) is 5.56 Å². The number of benzene rings is 2. The molecule has 100 valence electrons. The molecule has 0 bridgehead atoms. The van der Waals surface area contributed by atoms with Crippen LogP contribution in [0.1, 0.15) is 11.1 Å². The van der Waals surface area contributed by atoms with Crippen LogP contribution in [-0.2, 0) is 12.8 Å². The van der Waals surface area contributed by atoms with Gasteiger partial charge in [-0.15, -0.1) is 0 Å². The van der Waals surface area contributed by atoms with Crippen LogP contribution in [0.4, 0.5) is 17.6 Å². The molecule has 0 aliphatic heterocycles. The average Bonchev–Trinajstić information content (AvgIpc) is 2.37. The molecule has 2 aromatic rings. The predicted molar refractivity (Wildman–Crippen MR) is 62.2 cm³/mol. The molecule has 0 atom stereocenters. The maximum Gasteiger partial charge on any atom is 0.416 e. The normalized spacial score (nSPS) is 11.4. The topological polar surface area (TPSA) is 9.23 Å². The first-order chi connectivity index (χ1) is 8.97. The van der Waals surface area contributed by atoms with Crippen LogP contribution in [0.25, 0.3) is 0 Å². The zero-order valence-electron chi connectivity index (χ0n) is 9.75. The molecule has 0 heterocycles. The van der Waals surface area contributed by atoms with Crippen molar-refractivity contribution in [1.29, 1.82) is 0 Å². The highest BCUT2D eigenvalue weighted by atomic mass is 19.4. The molecule has 0 saturated heterocycles. The van der Waals surface area contributed by atoms with E-state index in [1.165, 1.54) is 30.3 Å². The Morgan fingerprint density at radius 3 is 2.37 bits per heavy atom. The highest BCUT2D eigenvalue weighted by Crippen LogP contribution is 2.31. The van der Waals surface area contributed by atoms with E-state index in [1.807, 2.05) is 0 Å². The zero-order chi connectivity index (χ0) is 13.9. The lowest BCUT2D eigenvalue weighted by Gasteiger charge is -2.10. The van der Waals surface area contributed by atoms with Gasteiger partial charge in [0.1, 0.15) is 18.2 Å². The SMILES string of the molecule is Fc1ccccc1COc1cccc(C(F)(F)F)c1. The number of hydrogen-bond acceptors (Lipinski definition) is 1. The Kier molecular flexibility index (Phi) is 3.74. The Bertz CT molecular complexity index is 563. The van der Waals surface area contributed by atoms with Crippen LogP contribution >= 0.6 is 0 Å². The number of rotatable bonds is 3. The molecule has 2 aromatic carbocycles. The maximum atomic E-state index is 13.3. The zero-order valence-corrected chi connectivity index (χ0v) is 9.75. The van der Waals surface area contributed by atoms with E-state index >= 15 is 0 Å². The summed E-state index contributed by atoms with van der Waals surface area (Å²) < 4.78 is 55.9. The van der Waals surface area contributed by atoms with E-state index < -0.39 is 17.6 Å². The predicted octanol–water partition coefficient (Wildman–Crippen LogP) is 4.42. The average molecular weight is 270 g/mol. The third-order valence-electron chi connectivity index (χ3n) is 2.51. The molecule has 0 N–H and O–H groups in total. The van der Waals surface area contributed by atoms with Gasteiger partial charge >= 0.3 is 6.18 Å². The summed E-state index contributed by atoms with van der Waals surface area (Å²) in [5.74, 6) is -0.396. The summed E-state index contributed by atoms with van der Waals surface area (Å²) in [6.07, 6.45) is -4.42. The molecule has 0 amide bonds. The van der Waals surface area contributed by atoms with Crippen molar-refractivity contribution in [3.05, 3.63) is 65.5 Å². The molecule has 2 rings (SSSR count). The van der Waals surface area contributed by atoms with Crippen molar-refractivity contribution in [3.63, 3.8) is 0 Å². The molecule has 0 saturated carbocycles. The van der Waals surface area contributed by atoms with Gasteiger partial charge in [0, 0.05) is 5.56 Å². The number of hydrogen-bond donors (Lipinski definition) is 0. The fraction of sp³-hybridized carbons (Fsp3) is 0.143. The fourth-order valence-corrected chi connectivity index (χ4v) is 1.54. The van der Waals surface area contributed by atoms with E-state index in [9.17, 15) is 17.6 Å². The molecule has 0 fully saturated rings. The largest absolute Gasteiger partial charge is 0.489 e. The van der Waals surface area contributed by atoms with Crippen LogP contribution in [0.15, 0.2) is 48.5 Å². The van der Waals surface area contributed by atoms with Crippen LogP contribution in [0.2, 0.25) is 0 Å². The van der Waals surface area contributed by atoms with Crippen molar-refractivity contribution in [2.45, 2.75) is 12.8 Å². The Morgan fingerprint density at radius 2 is 1.68 bits per heavy atom. The molecule has 0 spiro atoms. The minimum absolute atomic E-state index is 0.0538. The molecule has 1 nitrogen and oxygen atoms in total. The van der Waals surface area contributed by atoms with Crippen LogP contribution in [0.5, 0.6) is 5.75 Å². The standard InChI is InChI=1S/C14H10F4O/c15-13-7-2-1-4-10(13)9-19-12-6-3-5-11(8-12)14(16,17)18/h1-8H,9H2. The molecule has 0 aliphatic rings. The fourth-order valence-electron chi connectivity index (χ4n) is 1.54. The monoisotopic (exact) mass is 270 g/mol. The molecule has 0 aromatic heterocycles. The van der Waals surface area contributed by atoms with Gasteiger partial charge in [-0.3, -0.25) is 0 Å². The van der Waals surface area contributed by atoms with E-state index in [2.05, 4.69) is 0 Å². The smallest absolute Gasteiger partial charge is 0.416 e. The van der Waals surface area contributed by atoms with Crippen LogP contribution in [-0.4, -0.2) is 0 Å². The highest BCUT2D eigenvalue weighted by molar-refractivity contribution is 5.30. The van der Waals surface area contributed by atoms with Crippen molar-refractivity contribution in [2.75, 3.05) is 0 Å². The Hall–Kier alpha value is -2.04. The second-order valence-electron chi connectivity index (χ2n) is 3.91. The first-order valence-corrected chi connectivity index (χ1v) is 5.50. The van der Waals surface area contributed by atoms with Gasteiger partial charge in [-0.25, -0.2) is 4.39 Å². The van der Waals surface area contributed by atoms with Crippen LogP contribution < -0.4 is 4.74 Å². The van der Waals surface area contributed by atoms with Crippen molar-refractivity contribution in [1.82, 2.24) is 0 Å². The molecule has 19 heavy (non-hydrogen) atoms. The molecule has 5 heteroatoms. The lowest BCUT2D eigenvalue weighted by atomic mass is 10.2. The van der Waals surface area contributed by atoms with Crippen LogP contribution in [0, 0.1) is 5.82 Å². The third kappa shape index (κ3) is 3.47. The lowest BCUT2D eigenvalue weighted by molar-refractivity contribution is -0.137. The van der Waals surface area contributed by atoms with Crippen molar-refractivity contribution >= 4 is 0 Å². The summed E-state index contributed by atoms with van der Waals surface area (Å²) >= 11 is 0. The summed E-state index contributed by atoms with van der Waals surface area (Å²) in [7, 11) is 0. The number of ether oxygens (including phenoxy) is 1. The molecule has 0 aliphatic carbocycles. The van der Waals surface area contributed by atoms with Gasteiger partial charge in [-0.05, 0) is 24.3 Å². The molecule has 0 radical (unpaired) electrons. The Labute approximate surface area is 107 Å². The van der Waals surface area contributed by atoms with E-state index in [0.29, 0.717) is 5.56 Å². The molecular weight excluding hydrogens is 260 g/mol. The van der Waals surface area contributed by atoms with Gasteiger partial charge < -0.3 is 4.74 Å². The minimum atomic E-state index is -4.42. The first kappa shape index (κ1) is 13.4. The first-order valence-electron chi connectivity index (χ1n) is 5.50. The van der Waals surface area contributed by atoms with Crippen molar-refractivity contribution in [2.24, 2.45) is 0 Å². The molecular formula is C14H10F4O. The molecule has 0 unspecified atom stereocenters. The summed E-state index contributed by atoms with van der Waals surface area (Å²) in [4.78, 5) is 0. The van der Waals surface area contributed by atoms with Crippen LogP contribution in [0.3, 0.4) is 0 Å². The third-order valence-corrected chi connectivity index (χ3v) is 2.51. The number of halogens is 4. The van der Waals surface area contributed by atoms with E-state index in [0.717, 1.165) is 12.1 Å².